The van der Waals surface area contributed by atoms with Crippen molar-refractivity contribution in [3.63, 3.8) is 0 Å². The van der Waals surface area contributed by atoms with Crippen LogP contribution in [0, 0.1) is 6.92 Å². The molecule has 0 aliphatic heterocycles. The van der Waals surface area contributed by atoms with Gasteiger partial charge in [-0.15, -0.1) is 0 Å². The van der Waals surface area contributed by atoms with Crippen LogP contribution in [0.2, 0.25) is 0 Å². The highest BCUT2D eigenvalue weighted by Crippen LogP contribution is 2.37. The molecule has 0 fully saturated rings. The van der Waals surface area contributed by atoms with E-state index in [1.54, 1.807) is 6.07 Å². The van der Waals surface area contributed by atoms with Gasteiger partial charge in [-0.1, -0.05) is 30.3 Å². The summed E-state index contributed by atoms with van der Waals surface area (Å²) < 4.78 is 2.34. The molecule has 4 aromatic rings. The van der Waals surface area contributed by atoms with Crippen LogP contribution < -0.4 is 9.80 Å². The minimum absolute atomic E-state index is 0.360. The van der Waals surface area contributed by atoms with Gasteiger partial charge in [-0.05, 0) is 80.3 Å². The van der Waals surface area contributed by atoms with Gasteiger partial charge in [-0.3, -0.25) is 0 Å². The zero-order valence-corrected chi connectivity index (χ0v) is 22.3. The van der Waals surface area contributed by atoms with Crippen molar-refractivity contribution in [2.24, 2.45) is 0 Å². The zero-order valence-electron chi connectivity index (χ0n) is 22.3. The summed E-state index contributed by atoms with van der Waals surface area (Å²) in [5, 5.41) is 11.2. The number of rotatable bonds is 9. The number of carboxylic acid groups (broad SMARTS) is 1. The Morgan fingerprint density at radius 3 is 2.17 bits per heavy atom. The Balaban J connectivity index is 1.88. The van der Waals surface area contributed by atoms with Crippen LogP contribution in [-0.2, 0) is 13.0 Å². The van der Waals surface area contributed by atoms with Gasteiger partial charge in [0.2, 0.25) is 0 Å². The number of benzene rings is 3. The topological polar surface area (TPSA) is 48.7 Å². The van der Waals surface area contributed by atoms with Crippen molar-refractivity contribution in [3.8, 4) is 11.1 Å². The first-order chi connectivity index (χ1) is 17.3. The zero-order chi connectivity index (χ0) is 26.0. The highest BCUT2D eigenvalue weighted by molar-refractivity contribution is 6.00. The number of aryl methyl sites for hydroxylation is 1. The summed E-state index contributed by atoms with van der Waals surface area (Å²) in [6.07, 6.45) is 0.569. The SMILES string of the molecule is CCN(CC)c1ccc(-c2cccc3c2c(Cc2ccc(N(C)C)cc2C(=O)O)c(C)n3CC)cc1. The van der Waals surface area contributed by atoms with E-state index in [2.05, 4.69) is 79.6 Å². The van der Waals surface area contributed by atoms with Crippen LogP contribution in [-0.4, -0.2) is 42.8 Å². The van der Waals surface area contributed by atoms with Crippen molar-refractivity contribution >= 4 is 28.2 Å². The van der Waals surface area contributed by atoms with E-state index in [1.165, 1.54) is 39.0 Å². The molecule has 0 bridgehead atoms. The number of hydrogen-bond donors (Lipinski definition) is 1. The summed E-state index contributed by atoms with van der Waals surface area (Å²) in [5.74, 6) is -0.891. The normalized spacial score (nSPS) is 11.2. The number of carbonyl (C=O) groups is 1. The van der Waals surface area contributed by atoms with Gasteiger partial charge in [0.15, 0.2) is 0 Å². The Morgan fingerprint density at radius 1 is 0.917 bits per heavy atom. The third-order valence-corrected chi connectivity index (χ3v) is 7.31. The molecule has 3 aromatic carbocycles. The first-order valence-corrected chi connectivity index (χ1v) is 12.8. The van der Waals surface area contributed by atoms with Crippen LogP contribution in [0.1, 0.15) is 48.0 Å². The number of aromatic nitrogens is 1. The number of carboxylic acids is 1. The van der Waals surface area contributed by atoms with E-state index in [9.17, 15) is 9.90 Å². The first kappa shape index (κ1) is 25.4. The van der Waals surface area contributed by atoms with Crippen molar-refractivity contribution in [1.29, 1.82) is 0 Å². The molecule has 0 unspecified atom stereocenters. The molecule has 5 heteroatoms. The third-order valence-electron chi connectivity index (χ3n) is 7.31. The molecular formula is C31H37N3O2. The summed E-state index contributed by atoms with van der Waals surface area (Å²) in [4.78, 5) is 16.5. The monoisotopic (exact) mass is 483 g/mol. The van der Waals surface area contributed by atoms with Crippen LogP contribution in [0.15, 0.2) is 60.7 Å². The highest BCUT2D eigenvalue weighted by Gasteiger charge is 2.20. The van der Waals surface area contributed by atoms with Gasteiger partial charge < -0.3 is 19.5 Å². The highest BCUT2D eigenvalue weighted by atomic mass is 16.4. The molecular weight excluding hydrogens is 446 g/mol. The number of nitrogens with zero attached hydrogens (tertiary/aromatic N) is 3. The van der Waals surface area contributed by atoms with Gasteiger partial charge in [0.1, 0.15) is 0 Å². The van der Waals surface area contributed by atoms with E-state index in [4.69, 9.17) is 0 Å². The third kappa shape index (κ3) is 4.58. The Morgan fingerprint density at radius 2 is 1.58 bits per heavy atom. The molecule has 188 valence electrons. The van der Waals surface area contributed by atoms with Gasteiger partial charge in [0.25, 0.3) is 0 Å². The number of aromatic carboxylic acids is 1. The fourth-order valence-electron chi connectivity index (χ4n) is 5.30. The van der Waals surface area contributed by atoms with Crippen LogP contribution in [0.4, 0.5) is 11.4 Å². The van der Waals surface area contributed by atoms with E-state index in [1.807, 2.05) is 31.1 Å². The second-order valence-electron chi connectivity index (χ2n) is 9.44. The molecule has 1 N–H and O–H groups in total. The molecule has 0 aliphatic carbocycles. The van der Waals surface area contributed by atoms with Gasteiger partial charge >= 0.3 is 5.97 Å². The summed E-state index contributed by atoms with van der Waals surface area (Å²) in [7, 11) is 3.86. The van der Waals surface area contributed by atoms with Crippen molar-refractivity contribution in [2.45, 2.75) is 40.7 Å². The molecule has 4 rings (SSSR count). The summed E-state index contributed by atoms with van der Waals surface area (Å²) in [6.45, 7) is 11.5. The van der Waals surface area contributed by atoms with E-state index < -0.39 is 5.97 Å². The van der Waals surface area contributed by atoms with Crippen LogP contribution in [0.3, 0.4) is 0 Å². The maximum atomic E-state index is 12.2. The molecule has 0 saturated carbocycles. The predicted octanol–water partition coefficient (Wildman–Crippen LogP) is 6.84. The Bertz CT molecular complexity index is 1380. The van der Waals surface area contributed by atoms with E-state index in [0.29, 0.717) is 12.0 Å². The first-order valence-electron chi connectivity index (χ1n) is 12.8. The maximum absolute atomic E-state index is 12.2. The average molecular weight is 484 g/mol. The van der Waals surface area contributed by atoms with Gasteiger partial charge in [-0.2, -0.15) is 0 Å². The number of hydrogen-bond acceptors (Lipinski definition) is 3. The Hall–Kier alpha value is -3.73. The molecule has 0 atom stereocenters. The van der Waals surface area contributed by atoms with Gasteiger partial charge in [0, 0.05) is 68.1 Å². The Labute approximate surface area is 214 Å². The molecule has 1 aromatic heterocycles. The predicted molar refractivity (Wildman–Crippen MR) is 152 cm³/mol. The molecule has 5 nitrogen and oxygen atoms in total. The molecule has 36 heavy (non-hydrogen) atoms. The number of fused-ring (bicyclic) bond motifs is 1. The largest absolute Gasteiger partial charge is 0.478 e. The fraction of sp³-hybridized carbons (Fsp3) is 0.323. The van der Waals surface area contributed by atoms with Crippen molar-refractivity contribution in [2.75, 3.05) is 37.0 Å². The quantitative estimate of drug-likeness (QED) is 0.283. The maximum Gasteiger partial charge on any atom is 0.336 e. The molecule has 0 amide bonds. The lowest BCUT2D eigenvalue weighted by Gasteiger charge is -2.21. The van der Waals surface area contributed by atoms with Crippen molar-refractivity contribution in [3.05, 3.63) is 83.0 Å². The van der Waals surface area contributed by atoms with Crippen molar-refractivity contribution in [1.82, 2.24) is 4.57 Å². The lowest BCUT2D eigenvalue weighted by Crippen LogP contribution is -2.21. The van der Waals surface area contributed by atoms with Gasteiger partial charge in [-0.25, -0.2) is 4.79 Å². The lowest BCUT2D eigenvalue weighted by molar-refractivity contribution is 0.0696. The van der Waals surface area contributed by atoms with Crippen LogP contribution in [0.25, 0.3) is 22.0 Å². The molecule has 1 heterocycles. The molecule has 0 radical (unpaired) electrons. The fourth-order valence-corrected chi connectivity index (χ4v) is 5.30. The van der Waals surface area contributed by atoms with Gasteiger partial charge in [0.05, 0.1) is 5.56 Å². The second-order valence-corrected chi connectivity index (χ2v) is 9.44. The Kier molecular flexibility index (Phi) is 7.39. The standard InChI is InChI=1S/C31H37N3O2/c1-7-33(8-2)24-16-13-22(14-17-24)26-11-10-12-29-30(26)27(21(4)34(29)9-3)19-23-15-18-25(32(5)6)20-28(23)31(35)36/h10-18,20H,7-9,19H2,1-6H3,(H,35,36). The molecule has 0 saturated heterocycles. The van der Waals surface area contributed by atoms with Crippen molar-refractivity contribution < 1.29 is 9.90 Å². The van der Waals surface area contributed by atoms with E-state index >= 15 is 0 Å². The summed E-state index contributed by atoms with van der Waals surface area (Å²) >= 11 is 0. The van der Waals surface area contributed by atoms with E-state index in [-0.39, 0.29) is 0 Å². The summed E-state index contributed by atoms with van der Waals surface area (Å²) in [5.41, 5.74) is 9.23. The lowest BCUT2D eigenvalue weighted by atomic mass is 9.93. The van der Waals surface area contributed by atoms with E-state index in [0.717, 1.165) is 30.9 Å². The molecule has 0 aliphatic rings. The second kappa shape index (κ2) is 10.5. The average Bonchev–Trinajstić information content (AvgIpc) is 3.15. The minimum atomic E-state index is -0.891. The number of anilines is 2. The molecule has 0 spiro atoms. The van der Waals surface area contributed by atoms with Crippen LogP contribution in [0.5, 0.6) is 0 Å². The smallest absolute Gasteiger partial charge is 0.336 e. The minimum Gasteiger partial charge on any atom is -0.478 e. The van der Waals surface area contributed by atoms with Crippen LogP contribution >= 0.6 is 0 Å². The summed E-state index contributed by atoms with van der Waals surface area (Å²) in [6, 6.07) is 21.1.